The first-order chi connectivity index (χ1) is 13.5. The number of amides is 3. The molecule has 3 heterocycles. The lowest BCUT2D eigenvalue weighted by Crippen LogP contribution is -2.54. The van der Waals surface area contributed by atoms with Gasteiger partial charge < -0.3 is 19.8 Å². The number of hydrogen-bond acceptors (Lipinski definition) is 5. The van der Waals surface area contributed by atoms with Crippen molar-refractivity contribution in [2.45, 2.75) is 18.4 Å². The largest absolute Gasteiger partial charge is 0.459 e. The van der Waals surface area contributed by atoms with Gasteiger partial charge >= 0.3 is 0 Å². The van der Waals surface area contributed by atoms with E-state index in [0.29, 0.717) is 37.4 Å². The van der Waals surface area contributed by atoms with Gasteiger partial charge in [-0.1, -0.05) is 6.07 Å². The fourth-order valence-corrected chi connectivity index (χ4v) is 4.13. The number of nitrogens with zero attached hydrogens (tertiary/aromatic N) is 2. The Morgan fingerprint density at radius 3 is 2.79 bits per heavy atom. The minimum Gasteiger partial charge on any atom is -0.459 e. The number of carbonyl (C=O) groups is 3. The van der Waals surface area contributed by atoms with E-state index in [1.807, 2.05) is 0 Å². The van der Waals surface area contributed by atoms with E-state index in [1.54, 1.807) is 42.3 Å². The van der Waals surface area contributed by atoms with Crippen LogP contribution in [-0.2, 0) is 9.53 Å². The average molecular weight is 383 g/mol. The zero-order valence-corrected chi connectivity index (χ0v) is 15.5. The smallest absolute Gasteiger partial charge is 0.294 e. The van der Waals surface area contributed by atoms with Crippen molar-refractivity contribution in [1.82, 2.24) is 4.90 Å². The second-order valence-corrected chi connectivity index (χ2v) is 6.99. The van der Waals surface area contributed by atoms with Crippen molar-refractivity contribution < 1.29 is 23.5 Å². The van der Waals surface area contributed by atoms with Crippen molar-refractivity contribution in [3.8, 4) is 0 Å². The molecule has 0 aliphatic carbocycles. The number of furan rings is 1. The highest BCUT2D eigenvalue weighted by Gasteiger charge is 2.44. The summed E-state index contributed by atoms with van der Waals surface area (Å²) in [6.45, 7) is 1.35. The first-order valence-electron chi connectivity index (χ1n) is 9.10. The third-order valence-corrected chi connectivity index (χ3v) is 5.37. The van der Waals surface area contributed by atoms with Gasteiger partial charge in [0.2, 0.25) is 5.91 Å². The number of nitrogens with two attached hydrogens (primary N) is 1. The van der Waals surface area contributed by atoms with Crippen LogP contribution in [0.25, 0.3) is 0 Å². The molecule has 2 aliphatic rings. The Hall–Kier alpha value is -3.13. The van der Waals surface area contributed by atoms with E-state index < -0.39 is 17.9 Å². The van der Waals surface area contributed by atoms with Gasteiger partial charge in [-0.15, -0.1) is 0 Å². The van der Waals surface area contributed by atoms with E-state index in [1.165, 1.54) is 11.2 Å². The van der Waals surface area contributed by atoms with Crippen molar-refractivity contribution in [3.05, 3.63) is 53.5 Å². The molecular weight excluding hydrogens is 362 g/mol. The number of primary amides is 1. The van der Waals surface area contributed by atoms with Crippen LogP contribution in [0.15, 0.2) is 41.0 Å². The van der Waals surface area contributed by atoms with Crippen molar-refractivity contribution >= 4 is 23.4 Å². The summed E-state index contributed by atoms with van der Waals surface area (Å²) < 4.78 is 10.3. The van der Waals surface area contributed by atoms with Crippen LogP contribution in [0, 0.1) is 0 Å². The van der Waals surface area contributed by atoms with Gasteiger partial charge in [-0.25, -0.2) is 0 Å². The Labute approximate surface area is 161 Å². The predicted octanol–water partition coefficient (Wildman–Crippen LogP) is 1.37. The standard InChI is InChI=1S/C20H21N3O5/c1-27-9-7-22-11-12-10-15(18(21)24)23(20(26)16-6-3-8-28-16)14-5-2-4-13(17(12)14)19(22)25/h2-6,8,12,15H,7,9-11H2,1H3,(H2,21,24)/t12-,15-/m0/s1. The third-order valence-electron chi connectivity index (χ3n) is 5.37. The number of benzene rings is 1. The number of methoxy groups -OCH3 is 1. The van der Waals surface area contributed by atoms with Crippen LogP contribution >= 0.6 is 0 Å². The molecule has 4 rings (SSSR count). The number of hydrogen-bond donors (Lipinski definition) is 1. The van der Waals surface area contributed by atoms with Gasteiger partial charge in [-0.05, 0) is 36.2 Å². The molecule has 1 aromatic heterocycles. The maximum absolute atomic E-state index is 13.1. The second kappa shape index (κ2) is 7.12. The Bertz CT molecular complexity index is 924. The summed E-state index contributed by atoms with van der Waals surface area (Å²) in [6.07, 6.45) is 1.75. The molecule has 0 spiro atoms. The summed E-state index contributed by atoms with van der Waals surface area (Å²) in [7, 11) is 1.59. The van der Waals surface area contributed by atoms with Crippen LogP contribution in [0.4, 0.5) is 5.69 Å². The van der Waals surface area contributed by atoms with Gasteiger partial charge in [-0.3, -0.25) is 19.3 Å². The van der Waals surface area contributed by atoms with Gasteiger partial charge in [0.05, 0.1) is 12.9 Å². The quantitative estimate of drug-likeness (QED) is 0.839. The fraction of sp³-hybridized carbons (Fsp3) is 0.350. The van der Waals surface area contributed by atoms with E-state index in [4.69, 9.17) is 14.9 Å². The van der Waals surface area contributed by atoms with E-state index in [0.717, 1.165) is 5.56 Å². The van der Waals surface area contributed by atoms with Crippen molar-refractivity contribution in [2.75, 3.05) is 31.7 Å². The summed E-state index contributed by atoms with van der Waals surface area (Å²) in [5.74, 6) is -1.11. The zero-order valence-electron chi connectivity index (χ0n) is 15.5. The lowest BCUT2D eigenvalue weighted by Gasteiger charge is -2.44. The van der Waals surface area contributed by atoms with Gasteiger partial charge in [0.15, 0.2) is 5.76 Å². The van der Waals surface area contributed by atoms with E-state index in [-0.39, 0.29) is 17.6 Å². The van der Waals surface area contributed by atoms with Crippen molar-refractivity contribution in [3.63, 3.8) is 0 Å². The number of anilines is 1. The third kappa shape index (κ3) is 2.86. The molecule has 28 heavy (non-hydrogen) atoms. The normalized spacial score (nSPS) is 20.8. The molecule has 2 aromatic rings. The molecule has 0 fully saturated rings. The lowest BCUT2D eigenvalue weighted by atomic mass is 9.79. The van der Waals surface area contributed by atoms with Crippen molar-refractivity contribution in [1.29, 1.82) is 0 Å². The van der Waals surface area contributed by atoms with Crippen LogP contribution in [0.5, 0.6) is 0 Å². The average Bonchev–Trinajstić information content (AvgIpc) is 3.23. The first-order valence-corrected chi connectivity index (χ1v) is 9.10. The van der Waals surface area contributed by atoms with Crippen LogP contribution in [0.2, 0.25) is 0 Å². The monoisotopic (exact) mass is 383 g/mol. The maximum atomic E-state index is 13.1. The molecule has 2 aliphatic heterocycles. The molecule has 1 aromatic carbocycles. The summed E-state index contributed by atoms with van der Waals surface area (Å²) in [5.41, 5.74) is 7.53. The number of carbonyl (C=O) groups excluding carboxylic acids is 3. The maximum Gasteiger partial charge on any atom is 0.294 e. The van der Waals surface area contributed by atoms with E-state index in [2.05, 4.69) is 0 Å². The van der Waals surface area contributed by atoms with Gasteiger partial charge in [0, 0.05) is 37.4 Å². The molecule has 0 unspecified atom stereocenters. The van der Waals surface area contributed by atoms with Gasteiger partial charge in [0.25, 0.3) is 11.8 Å². The first kappa shape index (κ1) is 18.2. The minimum absolute atomic E-state index is 0.0843. The zero-order chi connectivity index (χ0) is 19.8. The Morgan fingerprint density at radius 2 is 2.11 bits per heavy atom. The number of rotatable bonds is 5. The van der Waals surface area contributed by atoms with Crippen LogP contribution in [0.1, 0.15) is 38.8 Å². The van der Waals surface area contributed by atoms with Crippen LogP contribution < -0.4 is 10.6 Å². The molecule has 0 bridgehead atoms. The molecule has 0 saturated heterocycles. The SMILES string of the molecule is COCCN1C[C@@H]2C[C@@H](C(N)=O)N(C(=O)c3ccco3)c3cccc(c32)C1=O. The summed E-state index contributed by atoms with van der Waals surface area (Å²) in [6, 6.07) is 7.56. The van der Waals surface area contributed by atoms with E-state index >= 15 is 0 Å². The molecule has 8 nitrogen and oxygen atoms in total. The molecular formula is C20H21N3O5. The highest BCUT2D eigenvalue weighted by molar-refractivity contribution is 6.11. The van der Waals surface area contributed by atoms with Crippen LogP contribution in [-0.4, -0.2) is 55.5 Å². The molecule has 0 saturated carbocycles. The van der Waals surface area contributed by atoms with E-state index in [9.17, 15) is 14.4 Å². The second-order valence-electron chi connectivity index (χ2n) is 6.99. The Morgan fingerprint density at radius 1 is 1.29 bits per heavy atom. The highest BCUT2D eigenvalue weighted by atomic mass is 16.5. The molecule has 146 valence electrons. The lowest BCUT2D eigenvalue weighted by molar-refractivity contribution is -0.119. The Balaban J connectivity index is 1.81. The fourth-order valence-electron chi connectivity index (χ4n) is 4.13. The van der Waals surface area contributed by atoms with Crippen LogP contribution in [0.3, 0.4) is 0 Å². The highest BCUT2D eigenvalue weighted by Crippen LogP contribution is 2.44. The summed E-state index contributed by atoms with van der Waals surface area (Å²) in [4.78, 5) is 41.3. The topological polar surface area (TPSA) is 106 Å². The molecule has 0 radical (unpaired) electrons. The predicted molar refractivity (Wildman–Crippen MR) is 100 cm³/mol. The number of ether oxygens (including phenoxy) is 1. The van der Waals surface area contributed by atoms with Gasteiger partial charge in [0.1, 0.15) is 6.04 Å². The summed E-state index contributed by atoms with van der Waals surface area (Å²) >= 11 is 0. The Kier molecular flexibility index (Phi) is 4.64. The summed E-state index contributed by atoms with van der Waals surface area (Å²) in [5, 5.41) is 0. The molecule has 3 amide bonds. The molecule has 8 heteroatoms. The molecule has 2 N–H and O–H groups in total. The van der Waals surface area contributed by atoms with Crippen molar-refractivity contribution in [2.24, 2.45) is 5.73 Å². The molecule has 2 atom stereocenters. The van der Waals surface area contributed by atoms with Gasteiger partial charge in [-0.2, -0.15) is 0 Å². The minimum atomic E-state index is -0.817.